The standard InChI is InChI=1S/C6H10Cl3FO/c1-4(3-11)5(7)2-6(8,9)10/h4-5,11H,2-3H2,1H3. The molecule has 0 saturated heterocycles. The number of hydrogen-bond donors (Lipinski definition) is 1. The molecule has 0 saturated carbocycles. The van der Waals surface area contributed by atoms with Crippen molar-refractivity contribution in [2.45, 2.75) is 23.3 Å². The molecule has 0 heterocycles. The molecule has 0 rings (SSSR count). The van der Waals surface area contributed by atoms with Crippen LogP contribution in [0.2, 0.25) is 0 Å². The van der Waals surface area contributed by atoms with Gasteiger partial charge in [-0.25, -0.2) is 4.39 Å². The van der Waals surface area contributed by atoms with Crippen LogP contribution in [0.4, 0.5) is 4.39 Å². The van der Waals surface area contributed by atoms with E-state index in [4.69, 9.17) is 39.9 Å². The van der Waals surface area contributed by atoms with E-state index in [0.29, 0.717) is 0 Å². The van der Waals surface area contributed by atoms with E-state index in [-0.39, 0.29) is 18.9 Å². The van der Waals surface area contributed by atoms with Crippen molar-refractivity contribution in [1.82, 2.24) is 0 Å². The molecule has 0 aliphatic rings. The first-order valence-electron chi connectivity index (χ1n) is 3.18. The maximum absolute atomic E-state index is 12.5. The highest BCUT2D eigenvalue weighted by Crippen LogP contribution is 2.32. The molecule has 0 radical (unpaired) electrons. The Morgan fingerprint density at radius 1 is 1.55 bits per heavy atom. The molecular formula is C6H10Cl3FO. The van der Waals surface area contributed by atoms with Gasteiger partial charge in [-0.1, -0.05) is 30.1 Å². The predicted molar refractivity (Wildman–Crippen MR) is 46.1 cm³/mol. The van der Waals surface area contributed by atoms with Crippen LogP contribution in [0.15, 0.2) is 0 Å². The van der Waals surface area contributed by atoms with E-state index in [9.17, 15) is 4.39 Å². The molecule has 0 spiro atoms. The lowest BCUT2D eigenvalue weighted by Gasteiger charge is -2.18. The van der Waals surface area contributed by atoms with E-state index in [1.165, 1.54) is 0 Å². The Morgan fingerprint density at radius 3 is 2.27 bits per heavy atom. The highest BCUT2D eigenvalue weighted by Gasteiger charge is 2.28. The minimum Gasteiger partial charge on any atom is -0.396 e. The summed E-state index contributed by atoms with van der Waals surface area (Å²) in [5, 5.41) is 8.07. The Kier molecular flexibility index (Phi) is 5.03. The lowest BCUT2D eigenvalue weighted by Crippen LogP contribution is -2.21. The van der Waals surface area contributed by atoms with Crippen LogP contribution in [-0.2, 0) is 0 Å². The van der Waals surface area contributed by atoms with Crippen LogP contribution in [0.3, 0.4) is 0 Å². The second-order valence-corrected chi connectivity index (χ2v) is 4.45. The first-order chi connectivity index (χ1) is 4.87. The fraction of sp³-hybridized carbons (Fsp3) is 1.00. The average Bonchev–Trinajstić information content (AvgIpc) is 1.82. The first-order valence-corrected chi connectivity index (χ1v) is 4.37. The van der Waals surface area contributed by atoms with Gasteiger partial charge in [0.2, 0.25) is 0 Å². The third-order valence-electron chi connectivity index (χ3n) is 1.33. The zero-order valence-electron chi connectivity index (χ0n) is 6.03. The third-order valence-corrected chi connectivity index (χ3v) is 2.22. The number of rotatable bonds is 4. The highest BCUT2D eigenvalue weighted by molar-refractivity contribution is 6.47. The fourth-order valence-corrected chi connectivity index (χ4v) is 1.32. The Labute approximate surface area is 80.4 Å². The fourth-order valence-electron chi connectivity index (χ4n) is 0.537. The molecule has 5 heteroatoms. The summed E-state index contributed by atoms with van der Waals surface area (Å²) in [6, 6.07) is 0. The van der Waals surface area contributed by atoms with Crippen molar-refractivity contribution in [2.24, 2.45) is 5.92 Å². The number of halogens is 4. The van der Waals surface area contributed by atoms with Crippen LogP contribution >= 0.6 is 34.8 Å². The van der Waals surface area contributed by atoms with Crippen molar-refractivity contribution in [3.63, 3.8) is 0 Å². The van der Waals surface area contributed by atoms with Gasteiger partial charge in [0.15, 0.2) is 0 Å². The molecule has 0 bridgehead atoms. The van der Waals surface area contributed by atoms with Gasteiger partial charge < -0.3 is 5.11 Å². The van der Waals surface area contributed by atoms with E-state index in [1.807, 2.05) is 0 Å². The third kappa shape index (κ3) is 5.97. The van der Waals surface area contributed by atoms with Crippen molar-refractivity contribution in [2.75, 3.05) is 6.61 Å². The zero-order valence-corrected chi connectivity index (χ0v) is 8.30. The van der Waals surface area contributed by atoms with E-state index in [1.54, 1.807) is 6.92 Å². The van der Waals surface area contributed by atoms with Crippen molar-refractivity contribution >= 4 is 34.8 Å². The monoisotopic (exact) mass is 222 g/mol. The number of hydrogen-bond acceptors (Lipinski definition) is 1. The second kappa shape index (κ2) is 4.70. The Morgan fingerprint density at radius 2 is 2.00 bits per heavy atom. The smallest absolute Gasteiger partial charge is 0.258 e. The molecule has 0 aromatic rings. The number of alkyl halides is 4. The minimum atomic E-state index is -2.30. The molecule has 0 aliphatic heterocycles. The summed E-state index contributed by atoms with van der Waals surface area (Å²) >= 11 is 15.8. The Hall–Kier alpha value is 0.760. The topological polar surface area (TPSA) is 20.2 Å². The van der Waals surface area contributed by atoms with Gasteiger partial charge in [-0.15, -0.1) is 11.6 Å². The van der Waals surface area contributed by atoms with Crippen LogP contribution in [0.5, 0.6) is 0 Å². The maximum atomic E-state index is 12.5. The SMILES string of the molecule is CC(CO)C(Cl)CC(F)(Cl)Cl. The van der Waals surface area contributed by atoms with Gasteiger partial charge in [0, 0.05) is 18.4 Å². The minimum absolute atomic E-state index is 0.0992. The predicted octanol–water partition coefficient (Wildman–Crippen LogP) is 2.71. The Bertz CT molecular complexity index is 115. The van der Waals surface area contributed by atoms with Crippen molar-refractivity contribution < 1.29 is 9.50 Å². The summed E-state index contributed by atoms with van der Waals surface area (Å²) in [6.45, 7) is 1.59. The molecule has 68 valence electrons. The lowest BCUT2D eigenvalue weighted by atomic mass is 10.1. The van der Waals surface area contributed by atoms with E-state index >= 15 is 0 Å². The molecule has 0 amide bonds. The van der Waals surface area contributed by atoms with Crippen LogP contribution < -0.4 is 0 Å². The Balaban J connectivity index is 3.77. The van der Waals surface area contributed by atoms with Crippen LogP contribution in [-0.4, -0.2) is 21.7 Å². The van der Waals surface area contributed by atoms with E-state index in [2.05, 4.69) is 0 Å². The number of aliphatic hydroxyl groups excluding tert-OH is 1. The molecule has 11 heavy (non-hydrogen) atoms. The van der Waals surface area contributed by atoms with Gasteiger partial charge in [0.25, 0.3) is 4.59 Å². The van der Waals surface area contributed by atoms with Gasteiger partial charge in [-0.05, 0) is 5.92 Å². The maximum Gasteiger partial charge on any atom is 0.258 e. The van der Waals surface area contributed by atoms with Crippen molar-refractivity contribution in [3.8, 4) is 0 Å². The average molecular weight is 224 g/mol. The molecular weight excluding hydrogens is 213 g/mol. The normalized spacial score (nSPS) is 18.0. The molecule has 1 nitrogen and oxygen atoms in total. The van der Waals surface area contributed by atoms with Crippen molar-refractivity contribution in [3.05, 3.63) is 0 Å². The van der Waals surface area contributed by atoms with Gasteiger partial charge in [0.1, 0.15) is 0 Å². The molecule has 1 N–H and O–H groups in total. The van der Waals surface area contributed by atoms with Crippen LogP contribution in [0.1, 0.15) is 13.3 Å². The van der Waals surface area contributed by atoms with Gasteiger partial charge in [0.05, 0.1) is 0 Å². The summed E-state index contributed by atoms with van der Waals surface area (Å²) in [6.07, 6.45) is -0.181. The van der Waals surface area contributed by atoms with Crippen LogP contribution in [0.25, 0.3) is 0 Å². The largest absolute Gasteiger partial charge is 0.396 e. The lowest BCUT2D eigenvalue weighted by molar-refractivity contribution is 0.221. The second-order valence-electron chi connectivity index (χ2n) is 2.50. The molecule has 0 aliphatic carbocycles. The van der Waals surface area contributed by atoms with Gasteiger partial charge >= 0.3 is 0 Å². The van der Waals surface area contributed by atoms with Gasteiger partial charge in [-0.3, -0.25) is 0 Å². The molecule has 0 aromatic carbocycles. The van der Waals surface area contributed by atoms with E-state index in [0.717, 1.165) is 0 Å². The zero-order chi connectivity index (χ0) is 9.07. The highest BCUT2D eigenvalue weighted by atomic mass is 35.5. The molecule has 2 atom stereocenters. The quantitative estimate of drug-likeness (QED) is 0.727. The molecule has 0 fully saturated rings. The van der Waals surface area contributed by atoms with Gasteiger partial charge in [-0.2, -0.15) is 0 Å². The van der Waals surface area contributed by atoms with Crippen molar-refractivity contribution in [1.29, 1.82) is 0 Å². The molecule has 0 aromatic heterocycles. The summed E-state index contributed by atoms with van der Waals surface area (Å²) < 4.78 is 10.2. The summed E-state index contributed by atoms with van der Waals surface area (Å²) in [5.41, 5.74) is 0. The summed E-state index contributed by atoms with van der Waals surface area (Å²) in [4.78, 5) is 0. The number of aliphatic hydroxyl groups is 1. The summed E-state index contributed by atoms with van der Waals surface area (Å²) in [7, 11) is 0. The van der Waals surface area contributed by atoms with E-state index < -0.39 is 9.96 Å². The first kappa shape index (κ1) is 11.8. The molecule has 2 unspecified atom stereocenters. The summed E-state index contributed by atoms with van der Waals surface area (Å²) in [5.74, 6) is -0.204. The van der Waals surface area contributed by atoms with Crippen LogP contribution in [0, 0.1) is 5.92 Å².